The molecular formula is C13H12BrN3. The maximum Gasteiger partial charge on any atom is 0.101 e. The molecule has 3 nitrogen and oxygen atoms in total. The smallest absolute Gasteiger partial charge is 0.101 e. The first kappa shape index (κ1) is 11.7. The van der Waals surface area contributed by atoms with E-state index in [1.807, 2.05) is 37.5 Å². The zero-order valence-corrected chi connectivity index (χ0v) is 11.0. The third-order valence-corrected chi connectivity index (χ3v) is 3.11. The highest BCUT2D eigenvalue weighted by molar-refractivity contribution is 9.10. The van der Waals surface area contributed by atoms with Gasteiger partial charge < -0.3 is 9.88 Å². The molecule has 1 aromatic heterocycles. The minimum atomic E-state index is 0.647. The van der Waals surface area contributed by atoms with Gasteiger partial charge in [0.1, 0.15) is 6.07 Å². The predicted octanol–water partition coefficient (Wildman–Crippen LogP) is 3.27. The third kappa shape index (κ3) is 2.69. The van der Waals surface area contributed by atoms with Gasteiger partial charge in [-0.3, -0.25) is 0 Å². The van der Waals surface area contributed by atoms with E-state index < -0.39 is 0 Å². The molecule has 1 N–H and O–H groups in total. The topological polar surface area (TPSA) is 40.8 Å². The maximum absolute atomic E-state index is 9.04. The largest absolute Gasteiger partial charge is 0.378 e. The fourth-order valence-corrected chi connectivity index (χ4v) is 1.99. The highest BCUT2D eigenvalue weighted by Gasteiger charge is 2.03. The summed E-state index contributed by atoms with van der Waals surface area (Å²) in [5.41, 5.74) is 2.68. The van der Waals surface area contributed by atoms with Crippen molar-refractivity contribution in [3.63, 3.8) is 0 Å². The van der Waals surface area contributed by atoms with E-state index >= 15 is 0 Å². The maximum atomic E-state index is 9.04. The van der Waals surface area contributed by atoms with Crippen molar-refractivity contribution >= 4 is 21.6 Å². The zero-order chi connectivity index (χ0) is 12.3. The summed E-state index contributed by atoms with van der Waals surface area (Å²) in [5.74, 6) is 0. The van der Waals surface area contributed by atoms with Crippen LogP contribution in [0.5, 0.6) is 0 Å². The highest BCUT2D eigenvalue weighted by atomic mass is 79.9. The first-order valence-corrected chi connectivity index (χ1v) is 6.04. The van der Waals surface area contributed by atoms with Crippen molar-refractivity contribution in [1.29, 1.82) is 5.26 Å². The molecule has 2 aromatic rings. The van der Waals surface area contributed by atoms with Crippen molar-refractivity contribution in [2.75, 3.05) is 5.32 Å². The van der Waals surface area contributed by atoms with Gasteiger partial charge in [-0.2, -0.15) is 5.26 Å². The third-order valence-electron chi connectivity index (χ3n) is 2.61. The molecule has 0 atom stereocenters. The number of aromatic nitrogens is 1. The molecule has 0 fully saturated rings. The molecule has 0 aliphatic carbocycles. The lowest BCUT2D eigenvalue weighted by molar-refractivity contribution is 0.842. The Kier molecular flexibility index (Phi) is 3.50. The van der Waals surface area contributed by atoms with E-state index in [1.165, 1.54) is 5.69 Å². The minimum absolute atomic E-state index is 0.647. The predicted molar refractivity (Wildman–Crippen MR) is 71.6 cm³/mol. The molecule has 0 aliphatic rings. The van der Waals surface area contributed by atoms with Crippen LogP contribution in [0.4, 0.5) is 5.69 Å². The summed E-state index contributed by atoms with van der Waals surface area (Å²) in [6.07, 6.45) is 2.00. The average molecular weight is 290 g/mol. The molecule has 2 rings (SSSR count). The molecule has 1 heterocycles. The van der Waals surface area contributed by atoms with Gasteiger partial charge in [0, 0.05) is 23.4 Å². The Morgan fingerprint density at radius 1 is 1.41 bits per heavy atom. The molecule has 0 unspecified atom stereocenters. The van der Waals surface area contributed by atoms with E-state index in [0.717, 1.165) is 10.2 Å². The Labute approximate surface area is 109 Å². The van der Waals surface area contributed by atoms with Crippen molar-refractivity contribution in [2.24, 2.45) is 7.05 Å². The molecular weight excluding hydrogens is 278 g/mol. The van der Waals surface area contributed by atoms with Crippen molar-refractivity contribution in [2.45, 2.75) is 6.54 Å². The lowest BCUT2D eigenvalue weighted by Gasteiger charge is -2.09. The van der Waals surface area contributed by atoms with Gasteiger partial charge in [-0.1, -0.05) is 15.9 Å². The van der Waals surface area contributed by atoms with Gasteiger partial charge in [0.2, 0.25) is 0 Å². The molecule has 1 aromatic carbocycles. The highest BCUT2D eigenvalue weighted by Crippen LogP contribution is 2.20. The normalized spacial score (nSPS) is 9.94. The van der Waals surface area contributed by atoms with Gasteiger partial charge in [0.15, 0.2) is 0 Å². The van der Waals surface area contributed by atoms with Crippen LogP contribution >= 0.6 is 15.9 Å². The monoisotopic (exact) mass is 289 g/mol. The summed E-state index contributed by atoms with van der Waals surface area (Å²) in [5, 5.41) is 12.3. The second-order valence-electron chi connectivity index (χ2n) is 3.77. The van der Waals surface area contributed by atoms with E-state index in [-0.39, 0.29) is 0 Å². The Hall–Kier alpha value is -1.73. The average Bonchev–Trinajstić information content (AvgIpc) is 2.73. The molecule has 0 amide bonds. The first-order chi connectivity index (χ1) is 8.20. The standard InChI is InChI=1S/C13H12BrN3/c1-17-6-2-3-12(17)9-16-13-5-4-11(14)7-10(13)8-15/h2-7,16H,9H2,1H3. The van der Waals surface area contributed by atoms with E-state index in [2.05, 4.69) is 37.9 Å². The number of nitrogens with one attached hydrogen (secondary N) is 1. The molecule has 0 saturated carbocycles. The number of halogens is 1. The number of rotatable bonds is 3. The molecule has 0 radical (unpaired) electrons. The molecule has 17 heavy (non-hydrogen) atoms. The van der Waals surface area contributed by atoms with E-state index in [9.17, 15) is 0 Å². The summed E-state index contributed by atoms with van der Waals surface area (Å²) >= 11 is 3.36. The van der Waals surface area contributed by atoms with Crippen LogP contribution in [-0.4, -0.2) is 4.57 Å². The van der Waals surface area contributed by atoms with Crippen molar-refractivity contribution in [1.82, 2.24) is 4.57 Å². The second-order valence-corrected chi connectivity index (χ2v) is 4.68. The Balaban J connectivity index is 2.15. The van der Waals surface area contributed by atoms with Crippen LogP contribution in [0, 0.1) is 11.3 Å². The number of nitriles is 1. The van der Waals surface area contributed by atoms with Gasteiger partial charge in [-0.25, -0.2) is 0 Å². The quantitative estimate of drug-likeness (QED) is 0.942. The van der Waals surface area contributed by atoms with Crippen LogP contribution in [0.3, 0.4) is 0 Å². The number of nitrogens with zero attached hydrogens (tertiary/aromatic N) is 2. The zero-order valence-electron chi connectivity index (χ0n) is 9.44. The summed E-state index contributed by atoms with van der Waals surface area (Å²) in [7, 11) is 2.00. The number of anilines is 1. The lowest BCUT2D eigenvalue weighted by atomic mass is 10.2. The summed E-state index contributed by atoms with van der Waals surface area (Å²) in [6, 6.07) is 11.9. The van der Waals surface area contributed by atoms with Crippen molar-refractivity contribution < 1.29 is 0 Å². The number of hydrogen-bond acceptors (Lipinski definition) is 2. The summed E-state index contributed by atoms with van der Waals surface area (Å²) in [4.78, 5) is 0. The van der Waals surface area contributed by atoms with Crippen molar-refractivity contribution in [3.05, 3.63) is 52.3 Å². The second kappa shape index (κ2) is 5.07. The summed E-state index contributed by atoms with van der Waals surface area (Å²) in [6.45, 7) is 0.708. The van der Waals surface area contributed by atoms with Crippen LogP contribution in [0.1, 0.15) is 11.3 Å². The van der Waals surface area contributed by atoms with Gasteiger partial charge in [-0.05, 0) is 30.3 Å². The molecule has 0 bridgehead atoms. The molecule has 0 saturated heterocycles. The first-order valence-electron chi connectivity index (χ1n) is 5.24. The van der Waals surface area contributed by atoms with Crippen molar-refractivity contribution in [3.8, 4) is 6.07 Å². The van der Waals surface area contributed by atoms with E-state index in [0.29, 0.717) is 12.1 Å². The fraction of sp³-hybridized carbons (Fsp3) is 0.154. The number of benzene rings is 1. The van der Waals surface area contributed by atoms with E-state index in [4.69, 9.17) is 5.26 Å². The van der Waals surface area contributed by atoms with Gasteiger partial charge in [0.25, 0.3) is 0 Å². The van der Waals surface area contributed by atoms with Crippen LogP contribution < -0.4 is 5.32 Å². The Morgan fingerprint density at radius 2 is 2.24 bits per heavy atom. The van der Waals surface area contributed by atoms with E-state index in [1.54, 1.807) is 0 Å². The summed E-state index contributed by atoms with van der Waals surface area (Å²) < 4.78 is 2.97. The van der Waals surface area contributed by atoms with Crippen LogP contribution in [0.2, 0.25) is 0 Å². The molecule has 0 aliphatic heterocycles. The molecule has 86 valence electrons. The van der Waals surface area contributed by atoms with Gasteiger partial charge in [-0.15, -0.1) is 0 Å². The van der Waals surface area contributed by atoms with Crippen LogP contribution in [0.25, 0.3) is 0 Å². The fourth-order valence-electron chi connectivity index (χ4n) is 1.63. The van der Waals surface area contributed by atoms with Gasteiger partial charge in [0.05, 0.1) is 17.8 Å². The molecule has 0 spiro atoms. The molecule has 4 heteroatoms. The minimum Gasteiger partial charge on any atom is -0.378 e. The number of aryl methyl sites for hydroxylation is 1. The van der Waals surface area contributed by atoms with Crippen LogP contribution in [-0.2, 0) is 13.6 Å². The lowest BCUT2D eigenvalue weighted by Crippen LogP contribution is -2.05. The SMILES string of the molecule is Cn1cccc1CNc1ccc(Br)cc1C#N. The Bertz CT molecular complexity index is 566. The van der Waals surface area contributed by atoms with Crippen LogP contribution in [0.15, 0.2) is 41.0 Å². The Morgan fingerprint density at radius 3 is 2.88 bits per heavy atom. The number of hydrogen-bond donors (Lipinski definition) is 1. The van der Waals surface area contributed by atoms with Gasteiger partial charge >= 0.3 is 0 Å².